The molecule has 20 heavy (non-hydrogen) atoms. The largest absolute Gasteiger partial charge is 0.433 e. The summed E-state index contributed by atoms with van der Waals surface area (Å²) in [6, 6.07) is 15.7. The zero-order chi connectivity index (χ0) is 13.7. The Morgan fingerprint density at radius 2 is 1.80 bits per heavy atom. The summed E-state index contributed by atoms with van der Waals surface area (Å²) in [5, 5.41) is 1.19. The summed E-state index contributed by atoms with van der Waals surface area (Å²) in [6.07, 6.45) is 1.68. The maximum absolute atomic E-state index is 12.0. The molecule has 0 spiro atoms. The lowest BCUT2D eigenvalue weighted by Gasteiger charge is -2.14. The quantitative estimate of drug-likeness (QED) is 0.627. The molecular weight excluding hydrogens is 250 g/mol. The Bertz CT molecular complexity index is 832. The number of carbonyl (C=O) groups excluding carboxylic acids is 1. The van der Waals surface area contributed by atoms with Crippen molar-refractivity contribution in [3.63, 3.8) is 0 Å². The molecule has 1 aliphatic heterocycles. The van der Waals surface area contributed by atoms with Crippen molar-refractivity contribution in [1.82, 2.24) is 4.57 Å². The van der Waals surface area contributed by atoms with Crippen LogP contribution in [0.5, 0.6) is 0 Å². The van der Waals surface area contributed by atoms with Gasteiger partial charge in [0.2, 0.25) is 6.23 Å². The number of aryl methyl sites for hydroxylation is 1. The van der Waals surface area contributed by atoms with Crippen LogP contribution in [0.3, 0.4) is 0 Å². The van der Waals surface area contributed by atoms with E-state index in [2.05, 4.69) is 19.1 Å². The maximum atomic E-state index is 12.0. The lowest BCUT2D eigenvalue weighted by molar-refractivity contribution is 0.0331. The van der Waals surface area contributed by atoms with Crippen LogP contribution in [-0.2, 0) is 4.74 Å². The molecule has 0 unspecified atom stereocenters. The lowest BCUT2D eigenvalue weighted by atomic mass is 10.1. The van der Waals surface area contributed by atoms with E-state index in [4.69, 9.17) is 4.74 Å². The second-order valence-electron chi connectivity index (χ2n) is 5.08. The maximum Gasteiger partial charge on any atom is 0.340 e. The van der Waals surface area contributed by atoms with Gasteiger partial charge in [0, 0.05) is 17.1 Å². The number of hydrogen-bond acceptors (Lipinski definition) is 2. The Morgan fingerprint density at radius 3 is 2.70 bits per heavy atom. The van der Waals surface area contributed by atoms with Gasteiger partial charge in [0.25, 0.3) is 0 Å². The molecule has 0 amide bonds. The Hall–Kier alpha value is -2.55. The van der Waals surface area contributed by atoms with Gasteiger partial charge in [-0.2, -0.15) is 0 Å². The van der Waals surface area contributed by atoms with E-state index in [1.165, 1.54) is 10.9 Å². The first kappa shape index (κ1) is 11.3. The summed E-state index contributed by atoms with van der Waals surface area (Å²) in [6.45, 7) is 2.07. The second-order valence-corrected chi connectivity index (χ2v) is 5.08. The van der Waals surface area contributed by atoms with Gasteiger partial charge in [0.15, 0.2) is 0 Å². The number of nitrogens with zero attached hydrogens (tertiary/aromatic N) is 1. The van der Waals surface area contributed by atoms with Crippen LogP contribution in [0.4, 0.5) is 0 Å². The summed E-state index contributed by atoms with van der Waals surface area (Å²) in [5.74, 6) is -0.249. The number of para-hydroxylation sites is 1. The van der Waals surface area contributed by atoms with Gasteiger partial charge >= 0.3 is 5.97 Å². The van der Waals surface area contributed by atoms with E-state index >= 15 is 0 Å². The summed E-state index contributed by atoms with van der Waals surface area (Å²) in [7, 11) is 0. The fraction of sp³-hybridized carbons (Fsp3) is 0.118. The molecule has 0 N–H and O–H groups in total. The van der Waals surface area contributed by atoms with Crippen molar-refractivity contribution in [2.75, 3.05) is 0 Å². The van der Waals surface area contributed by atoms with E-state index in [1.54, 1.807) is 0 Å². The molecule has 0 radical (unpaired) electrons. The first-order valence-electron chi connectivity index (χ1n) is 6.62. The summed E-state index contributed by atoms with van der Waals surface area (Å²) >= 11 is 0. The molecule has 2 heterocycles. The highest BCUT2D eigenvalue weighted by atomic mass is 16.6. The van der Waals surface area contributed by atoms with Gasteiger partial charge in [-0.3, -0.25) is 0 Å². The molecule has 3 aromatic rings. The van der Waals surface area contributed by atoms with Crippen molar-refractivity contribution in [2.45, 2.75) is 13.2 Å². The summed E-state index contributed by atoms with van der Waals surface area (Å²) < 4.78 is 7.60. The Labute approximate surface area is 116 Å². The SMILES string of the molecule is Cc1cn([C@@H]2OC(=O)c3ccccc32)c2ccccc12. The van der Waals surface area contributed by atoms with Gasteiger partial charge < -0.3 is 9.30 Å². The van der Waals surface area contributed by atoms with Crippen molar-refractivity contribution in [1.29, 1.82) is 0 Å². The van der Waals surface area contributed by atoms with E-state index in [1.807, 2.05) is 47.2 Å². The molecule has 1 atom stereocenters. The van der Waals surface area contributed by atoms with Crippen LogP contribution in [0.1, 0.15) is 27.7 Å². The molecular formula is C17H13NO2. The van der Waals surface area contributed by atoms with Crippen molar-refractivity contribution >= 4 is 16.9 Å². The number of rotatable bonds is 1. The average molecular weight is 263 g/mol. The van der Waals surface area contributed by atoms with Gasteiger partial charge in [0.05, 0.1) is 11.1 Å². The van der Waals surface area contributed by atoms with Crippen molar-refractivity contribution in [2.24, 2.45) is 0 Å². The first-order chi connectivity index (χ1) is 9.75. The zero-order valence-electron chi connectivity index (χ0n) is 11.0. The third kappa shape index (κ3) is 1.43. The molecule has 1 aromatic heterocycles. The number of aromatic nitrogens is 1. The number of esters is 1. The van der Waals surface area contributed by atoms with Gasteiger partial charge in [-0.15, -0.1) is 0 Å². The second kappa shape index (κ2) is 3.97. The van der Waals surface area contributed by atoms with Crippen LogP contribution in [-0.4, -0.2) is 10.5 Å². The number of carbonyl (C=O) groups is 1. The average Bonchev–Trinajstić information content (AvgIpc) is 2.99. The molecule has 4 rings (SSSR count). The molecule has 3 heteroatoms. The predicted molar refractivity (Wildman–Crippen MR) is 76.7 cm³/mol. The van der Waals surface area contributed by atoms with Crippen LogP contribution < -0.4 is 0 Å². The smallest absolute Gasteiger partial charge is 0.340 e. The third-order valence-electron chi connectivity index (χ3n) is 3.86. The minimum Gasteiger partial charge on any atom is -0.433 e. The van der Waals surface area contributed by atoms with Gasteiger partial charge in [-0.25, -0.2) is 4.79 Å². The summed E-state index contributed by atoms with van der Waals surface area (Å²) in [5.41, 5.74) is 3.85. The van der Waals surface area contributed by atoms with Crippen molar-refractivity contribution in [3.8, 4) is 0 Å². The van der Waals surface area contributed by atoms with Crippen molar-refractivity contribution in [3.05, 3.63) is 71.4 Å². The highest BCUT2D eigenvalue weighted by molar-refractivity contribution is 5.94. The molecule has 0 fully saturated rings. The number of benzene rings is 2. The zero-order valence-corrected chi connectivity index (χ0v) is 11.0. The fourth-order valence-corrected chi connectivity index (χ4v) is 2.91. The molecule has 2 aromatic carbocycles. The number of hydrogen-bond donors (Lipinski definition) is 0. The Balaban J connectivity index is 1.96. The molecule has 0 aliphatic carbocycles. The highest BCUT2D eigenvalue weighted by Gasteiger charge is 2.32. The standard InChI is InChI=1S/C17H13NO2/c1-11-10-18(15-9-5-4-6-12(11)15)16-13-7-2-3-8-14(13)17(19)20-16/h2-10,16H,1H3/t16-/m1/s1. The fourth-order valence-electron chi connectivity index (χ4n) is 2.91. The molecule has 3 nitrogen and oxygen atoms in total. The minimum atomic E-state index is -0.364. The van der Waals surface area contributed by atoms with E-state index in [0.29, 0.717) is 5.56 Å². The van der Waals surface area contributed by atoms with Gasteiger partial charge in [0.1, 0.15) is 0 Å². The van der Waals surface area contributed by atoms with Crippen LogP contribution in [0.15, 0.2) is 54.7 Å². The Morgan fingerprint density at radius 1 is 1.05 bits per heavy atom. The molecule has 98 valence electrons. The molecule has 1 aliphatic rings. The topological polar surface area (TPSA) is 31.2 Å². The number of cyclic esters (lactones) is 1. The van der Waals surface area contributed by atoms with Crippen LogP contribution >= 0.6 is 0 Å². The van der Waals surface area contributed by atoms with Gasteiger partial charge in [-0.05, 0) is 24.6 Å². The number of fused-ring (bicyclic) bond motifs is 2. The summed E-state index contributed by atoms with van der Waals surface area (Å²) in [4.78, 5) is 12.0. The minimum absolute atomic E-state index is 0.249. The van der Waals surface area contributed by atoms with Crippen LogP contribution in [0.2, 0.25) is 0 Å². The van der Waals surface area contributed by atoms with Gasteiger partial charge in [-0.1, -0.05) is 36.4 Å². The van der Waals surface area contributed by atoms with E-state index in [0.717, 1.165) is 11.1 Å². The molecule has 0 saturated carbocycles. The van der Waals surface area contributed by atoms with Crippen LogP contribution in [0, 0.1) is 6.92 Å². The highest BCUT2D eigenvalue weighted by Crippen LogP contribution is 2.35. The monoisotopic (exact) mass is 263 g/mol. The first-order valence-corrected chi connectivity index (χ1v) is 6.62. The Kier molecular flexibility index (Phi) is 2.24. The number of ether oxygens (including phenoxy) is 1. The lowest BCUT2D eigenvalue weighted by Crippen LogP contribution is -2.09. The molecule has 0 saturated heterocycles. The van der Waals surface area contributed by atoms with Crippen molar-refractivity contribution < 1.29 is 9.53 Å². The van der Waals surface area contributed by atoms with E-state index in [-0.39, 0.29) is 12.2 Å². The van der Waals surface area contributed by atoms with E-state index < -0.39 is 0 Å². The predicted octanol–water partition coefficient (Wildman–Crippen LogP) is 3.67. The molecule has 0 bridgehead atoms. The van der Waals surface area contributed by atoms with E-state index in [9.17, 15) is 4.79 Å². The normalized spacial score (nSPS) is 17.2. The third-order valence-corrected chi connectivity index (χ3v) is 3.86. The van der Waals surface area contributed by atoms with Crippen LogP contribution in [0.25, 0.3) is 10.9 Å².